The quantitative estimate of drug-likeness (QED) is 0.809. The lowest BCUT2D eigenvalue weighted by molar-refractivity contribution is -0.139. The van der Waals surface area contributed by atoms with Crippen LogP contribution in [0.5, 0.6) is 0 Å². The highest BCUT2D eigenvalue weighted by atomic mass is 16.5. The van der Waals surface area contributed by atoms with Gasteiger partial charge in [-0.25, -0.2) is 4.79 Å². The summed E-state index contributed by atoms with van der Waals surface area (Å²) in [5, 5.41) is 9.49. The van der Waals surface area contributed by atoms with E-state index in [0.29, 0.717) is 5.71 Å². The van der Waals surface area contributed by atoms with E-state index >= 15 is 0 Å². The lowest BCUT2D eigenvalue weighted by Gasteiger charge is -2.06. The van der Waals surface area contributed by atoms with E-state index in [4.69, 9.17) is 4.74 Å². The SMILES string of the molecule is CC1=NCC(O)=C1C(=O)OCc1ccccc1. The van der Waals surface area contributed by atoms with Gasteiger partial charge in [0.15, 0.2) is 0 Å². The van der Waals surface area contributed by atoms with E-state index in [1.54, 1.807) is 6.92 Å². The zero-order valence-electron chi connectivity index (χ0n) is 9.51. The predicted octanol–water partition coefficient (Wildman–Crippen LogP) is 2.02. The number of nitrogens with zero attached hydrogens (tertiary/aromatic N) is 1. The molecule has 4 heteroatoms. The second-order valence-corrected chi connectivity index (χ2v) is 3.79. The van der Waals surface area contributed by atoms with Crippen molar-refractivity contribution in [1.29, 1.82) is 0 Å². The molecule has 0 aromatic heterocycles. The monoisotopic (exact) mass is 231 g/mol. The molecular weight excluding hydrogens is 218 g/mol. The normalized spacial score (nSPS) is 14.8. The molecule has 1 aliphatic rings. The molecule has 1 aliphatic heterocycles. The third kappa shape index (κ3) is 2.53. The Kier molecular flexibility index (Phi) is 3.23. The van der Waals surface area contributed by atoms with E-state index in [2.05, 4.69) is 4.99 Å². The number of aliphatic hydroxyl groups excluding tert-OH is 1. The highest BCUT2D eigenvalue weighted by Crippen LogP contribution is 2.15. The number of hydrogen-bond acceptors (Lipinski definition) is 4. The summed E-state index contributed by atoms with van der Waals surface area (Å²) in [5.74, 6) is -0.536. The number of rotatable bonds is 3. The molecule has 1 N–H and O–H groups in total. The molecule has 1 aromatic rings. The smallest absolute Gasteiger partial charge is 0.343 e. The van der Waals surface area contributed by atoms with Crippen molar-refractivity contribution in [1.82, 2.24) is 0 Å². The molecule has 4 nitrogen and oxygen atoms in total. The van der Waals surface area contributed by atoms with Gasteiger partial charge >= 0.3 is 5.97 Å². The molecule has 0 saturated heterocycles. The Balaban J connectivity index is 1.99. The van der Waals surface area contributed by atoms with Crippen LogP contribution in [0.4, 0.5) is 0 Å². The first-order chi connectivity index (χ1) is 8.18. The van der Waals surface area contributed by atoms with Crippen molar-refractivity contribution in [3.63, 3.8) is 0 Å². The van der Waals surface area contributed by atoms with E-state index < -0.39 is 5.97 Å². The van der Waals surface area contributed by atoms with Crippen LogP contribution in [-0.4, -0.2) is 23.3 Å². The summed E-state index contributed by atoms with van der Waals surface area (Å²) in [6, 6.07) is 9.39. The van der Waals surface area contributed by atoms with Gasteiger partial charge in [0.25, 0.3) is 0 Å². The Bertz CT molecular complexity index is 489. The van der Waals surface area contributed by atoms with Crippen LogP contribution in [0.3, 0.4) is 0 Å². The van der Waals surface area contributed by atoms with E-state index in [-0.39, 0.29) is 24.5 Å². The Morgan fingerprint density at radius 1 is 1.41 bits per heavy atom. The van der Waals surface area contributed by atoms with Crippen molar-refractivity contribution >= 4 is 11.7 Å². The van der Waals surface area contributed by atoms with Crippen molar-refractivity contribution in [3.8, 4) is 0 Å². The minimum atomic E-state index is -0.523. The van der Waals surface area contributed by atoms with Crippen molar-refractivity contribution in [3.05, 3.63) is 47.2 Å². The zero-order chi connectivity index (χ0) is 12.3. The molecule has 2 rings (SSSR count). The second kappa shape index (κ2) is 4.82. The van der Waals surface area contributed by atoms with Gasteiger partial charge in [-0.2, -0.15) is 0 Å². The molecule has 0 saturated carbocycles. The average molecular weight is 231 g/mol. The van der Waals surface area contributed by atoms with Crippen LogP contribution < -0.4 is 0 Å². The van der Waals surface area contributed by atoms with Crippen molar-refractivity contribution < 1.29 is 14.6 Å². The second-order valence-electron chi connectivity index (χ2n) is 3.79. The molecule has 0 spiro atoms. The summed E-state index contributed by atoms with van der Waals surface area (Å²) in [5.41, 5.74) is 1.63. The van der Waals surface area contributed by atoms with Crippen LogP contribution in [-0.2, 0) is 16.1 Å². The largest absolute Gasteiger partial charge is 0.509 e. The van der Waals surface area contributed by atoms with Gasteiger partial charge in [0.05, 0.1) is 12.3 Å². The Morgan fingerprint density at radius 2 is 2.12 bits per heavy atom. The molecule has 0 fully saturated rings. The Labute approximate surface area is 99.3 Å². The van der Waals surface area contributed by atoms with E-state index in [1.807, 2.05) is 30.3 Å². The standard InChI is InChI=1S/C13H13NO3/c1-9-12(11(15)7-14-9)13(16)17-8-10-5-3-2-4-6-10/h2-6,15H,7-8H2,1H3. The molecule has 0 unspecified atom stereocenters. The highest BCUT2D eigenvalue weighted by molar-refractivity contribution is 6.20. The molecule has 0 bridgehead atoms. The van der Waals surface area contributed by atoms with Crippen LogP contribution in [0.25, 0.3) is 0 Å². The first kappa shape index (κ1) is 11.4. The third-order valence-electron chi connectivity index (χ3n) is 2.53. The van der Waals surface area contributed by atoms with Gasteiger partial charge in [-0.05, 0) is 12.5 Å². The minimum absolute atomic E-state index is 0.0134. The number of esters is 1. The maximum absolute atomic E-state index is 11.7. The third-order valence-corrected chi connectivity index (χ3v) is 2.53. The molecule has 0 aliphatic carbocycles. The molecule has 0 radical (unpaired) electrons. The first-order valence-electron chi connectivity index (χ1n) is 5.33. The van der Waals surface area contributed by atoms with Gasteiger partial charge in [-0.1, -0.05) is 30.3 Å². The van der Waals surface area contributed by atoms with Crippen LogP contribution in [0.2, 0.25) is 0 Å². The van der Waals surface area contributed by atoms with Crippen molar-refractivity contribution in [2.24, 2.45) is 4.99 Å². The molecule has 1 heterocycles. The Morgan fingerprint density at radius 3 is 2.71 bits per heavy atom. The molecule has 17 heavy (non-hydrogen) atoms. The van der Waals surface area contributed by atoms with E-state index in [9.17, 15) is 9.90 Å². The van der Waals surface area contributed by atoms with E-state index in [0.717, 1.165) is 5.56 Å². The summed E-state index contributed by atoms with van der Waals surface area (Å²) in [6.07, 6.45) is 0. The van der Waals surface area contributed by atoms with Gasteiger partial charge in [-0.3, -0.25) is 4.99 Å². The molecule has 0 atom stereocenters. The number of aliphatic hydroxyl groups is 1. The van der Waals surface area contributed by atoms with Crippen LogP contribution in [0.15, 0.2) is 46.7 Å². The summed E-state index contributed by atoms with van der Waals surface area (Å²) >= 11 is 0. The lowest BCUT2D eigenvalue weighted by atomic mass is 10.2. The van der Waals surface area contributed by atoms with Crippen LogP contribution in [0.1, 0.15) is 12.5 Å². The average Bonchev–Trinajstić information content (AvgIpc) is 2.67. The number of hydrogen-bond donors (Lipinski definition) is 1. The topological polar surface area (TPSA) is 58.9 Å². The van der Waals surface area contributed by atoms with Gasteiger partial charge in [0.2, 0.25) is 0 Å². The minimum Gasteiger partial charge on any atom is -0.509 e. The molecular formula is C13H13NO3. The van der Waals surface area contributed by atoms with Gasteiger partial charge in [-0.15, -0.1) is 0 Å². The van der Waals surface area contributed by atoms with Gasteiger partial charge < -0.3 is 9.84 Å². The molecule has 1 aromatic carbocycles. The maximum atomic E-state index is 11.7. The van der Waals surface area contributed by atoms with Crippen LogP contribution in [0, 0.1) is 0 Å². The Hall–Kier alpha value is -2.10. The maximum Gasteiger partial charge on any atom is 0.343 e. The van der Waals surface area contributed by atoms with E-state index in [1.165, 1.54) is 0 Å². The molecule has 88 valence electrons. The number of carbonyl (C=O) groups is 1. The summed E-state index contributed by atoms with van der Waals surface area (Å²) < 4.78 is 5.12. The lowest BCUT2D eigenvalue weighted by Crippen LogP contribution is -2.13. The summed E-state index contributed by atoms with van der Waals surface area (Å²) in [6.45, 7) is 2.05. The van der Waals surface area contributed by atoms with Crippen LogP contribution >= 0.6 is 0 Å². The fraction of sp³-hybridized carbons (Fsp3) is 0.231. The highest BCUT2D eigenvalue weighted by Gasteiger charge is 2.23. The predicted molar refractivity (Wildman–Crippen MR) is 63.9 cm³/mol. The van der Waals surface area contributed by atoms with Gasteiger partial charge in [0.1, 0.15) is 17.9 Å². The number of ether oxygens (including phenoxy) is 1. The number of carbonyl (C=O) groups excluding carboxylic acids is 1. The number of aliphatic imine (C=N–C) groups is 1. The molecule has 0 amide bonds. The zero-order valence-corrected chi connectivity index (χ0v) is 9.51. The fourth-order valence-electron chi connectivity index (χ4n) is 1.62. The summed E-state index contributed by atoms with van der Waals surface area (Å²) in [7, 11) is 0. The van der Waals surface area contributed by atoms with Crippen molar-refractivity contribution in [2.45, 2.75) is 13.5 Å². The van der Waals surface area contributed by atoms with Gasteiger partial charge in [0, 0.05) is 0 Å². The fourth-order valence-corrected chi connectivity index (χ4v) is 1.62. The van der Waals surface area contributed by atoms with Crippen molar-refractivity contribution in [2.75, 3.05) is 6.54 Å². The first-order valence-corrected chi connectivity index (χ1v) is 5.33. The number of benzene rings is 1. The summed E-state index contributed by atoms with van der Waals surface area (Å²) in [4.78, 5) is 15.7.